The van der Waals surface area contributed by atoms with E-state index in [1.54, 1.807) is 24.0 Å². The quantitative estimate of drug-likeness (QED) is 0.536. The summed E-state index contributed by atoms with van der Waals surface area (Å²) < 4.78 is 1.77. The molecule has 0 fully saturated rings. The fraction of sp³-hybridized carbons (Fsp3) is 0.188. The monoisotopic (exact) mass is 308 g/mol. The lowest BCUT2D eigenvalue weighted by Crippen LogP contribution is -2.12. The lowest BCUT2D eigenvalue weighted by atomic mass is 10.1. The first kappa shape index (κ1) is 13.7. The molecule has 4 aromatic rings. The Balaban J connectivity index is 1.99. The molecular weight excluding hydrogens is 292 g/mol. The first-order valence-corrected chi connectivity index (χ1v) is 7.36. The van der Waals surface area contributed by atoms with Gasteiger partial charge in [0, 0.05) is 17.1 Å². The molecule has 0 spiro atoms. The zero-order valence-electron chi connectivity index (χ0n) is 12.6. The van der Waals surface area contributed by atoms with Crippen LogP contribution in [0.25, 0.3) is 33.1 Å². The van der Waals surface area contributed by atoms with E-state index in [0.29, 0.717) is 12.4 Å². The molecular formula is C16H16N6O. The third kappa shape index (κ3) is 2.22. The average molecular weight is 308 g/mol. The number of nitrogens with zero attached hydrogens (tertiary/aromatic N) is 4. The summed E-state index contributed by atoms with van der Waals surface area (Å²) in [4.78, 5) is 4.49. The Morgan fingerprint density at radius 3 is 2.91 bits per heavy atom. The van der Waals surface area contributed by atoms with Gasteiger partial charge in [-0.1, -0.05) is 6.07 Å². The third-order valence-corrected chi connectivity index (χ3v) is 3.86. The van der Waals surface area contributed by atoms with Crippen molar-refractivity contribution in [1.29, 1.82) is 0 Å². The van der Waals surface area contributed by atoms with Crippen molar-refractivity contribution in [2.24, 2.45) is 0 Å². The van der Waals surface area contributed by atoms with E-state index in [4.69, 9.17) is 5.73 Å². The van der Waals surface area contributed by atoms with Crippen LogP contribution in [-0.2, 0) is 6.54 Å². The number of fused-ring (bicyclic) bond motifs is 3. The SMILES string of the molecule is CC(O)Cn1ncc2c(N)nc3cc(-c4ccn[nH]4)ccc3c21. The van der Waals surface area contributed by atoms with Crippen molar-refractivity contribution in [3.63, 3.8) is 0 Å². The Morgan fingerprint density at radius 2 is 2.17 bits per heavy atom. The van der Waals surface area contributed by atoms with Crippen molar-refractivity contribution < 1.29 is 5.11 Å². The van der Waals surface area contributed by atoms with Crippen molar-refractivity contribution in [1.82, 2.24) is 25.0 Å². The van der Waals surface area contributed by atoms with Gasteiger partial charge in [0.2, 0.25) is 0 Å². The highest BCUT2D eigenvalue weighted by Gasteiger charge is 2.14. The Labute approximate surface area is 131 Å². The standard InChI is InChI=1S/C16H16N6O/c1-9(23)8-22-15-11-3-2-10(13-4-5-18-21-13)6-14(11)20-16(17)12(15)7-19-22/h2-7,9,23H,8H2,1H3,(H2,17,20)(H,18,21). The molecule has 1 unspecified atom stereocenters. The molecule has 0 saturated carbocycles. The summed E-state index contributed by atoms with van der Waals surface area (Å²) in [5.74, 6) is 0.436. The highest BCUT2D eigenvalue weighted by atomic mass is 16.3. The number of aromatic amines is 1. The van der Waals surface area contributed by atoms with Gasteiger partial charge in [0.05, 0.1) is 41.0 Å². The van der Waals surface area contributed by atoms with Crippen molar-refractivity contribution in [2.45, 2.75) is 19.6 Å². The molecule has 1 aromatic carbocycles. The highest BCUT2D eigenvalue weighted by Crippen LogP contribution is 2.30. The van der Waals surface area contributed by atoms with Crippen molar-refractivity contribution in [2.75, 3.05) is 5.73 Å². The molecule has 0 radical (unpaired) electrons. The second-order valence-electron chi connectivity index (χ2n) is 5.64. The Bertz CT molecular complexity index is 987. The lowest BCUT2D eigenvalue weighted by molar-refractivity contribution is 0.170. The highest BCUT2D eigenvalue weighted by molar-refractivity contribution is 6.08. The summed E-state index contributed by atoms with van der Waals surface area (Å²) in [5, 5.41) is 22.7. The van der Waals surface area contributed by atoms with E-state index in [-0.39, 0.29) is 0 Å². The van der Waals surface area contributed by atoms with Gasteiger partial charge >= 0.3 is 0 Å². The first-order chi connectivity index (χ1) is 11.1. The zero-order chi connectivity index (χ0) is 16.0. The van der Waals surface area contributed by atoms with Gasteiger partial charge < -0.3 is 10.8 Å². The zero-order valence-corrected chi connectivity index (χ0v) is 12.6. The van der Waals surface area contributed by atoms with Crippen LogP contribution in [0, 0.1) is 0 Å². The van der Waals surface area contributed by atoms with Crippen LogP contribution in [-0.4, -0.2) is 36.2 Å². The Morgan fingerprint density at radius 1 is 1.30 bits per heavy atom. The van der Waals surface area contributed by atoms with Gasteiger partial charge in [-0.3, -0.25) is 9.78 Å². The lowest BCUT2D eigenvalue weighted by Gasteiger charge is -2.09. The number of pyridine rings is 1. The number of H-pyrrole nitrogens is 1. The maximum atomic E-state index is 9.68. The van der Waals surface area contributed by atoms with Crippen LogP contribution in [0.2, 0.25) is 0 Å². The van der Waals surface area contributed by atoms with Crippen LogP contribution in [0.5, 0.6) is 0 Å². The Hall–Kier alpha value is -2.93. The van der Waals surface area contributed by atoms with Crippen LogP contribution >= 0.6 is 0 Å². The van der Waals surface area contributed by atoms with Crippen molar-refractivity contribution in [3.05, 3.63) is 36.7 Å². The summed E-state index contributed by atoms with van der Waals surface area (Å²) in [7, 11) is 0. The van der Waals surface area contributed by atoms with E-state index in [2.05, 4.69) is 20.3 Å². The summed E-state index contributed by atoms with van der Waals surface area (Å²) in [5.41, 5.74) is 9.68. The van der Waals surface area contributed by atoms with Crippen LogP contribution in [0.3, 0.4) is 0 Å². The molecule has 3 heterocycles. The van der Waals surface area contributed by atoms with E-state index in [1.807, 2.05) is 24.3 Å². The van der Waals surface area contributed by atoms with E-state index >= 15 is 0 Å². The number of aliphatic hydroxyl groups is 1. The maximum absolute atomic E-state index is 9.68. The number of nitrogen functional groups attached to an aromatic ring is 1. The minimum Gasteiger partial charge on any atom is -0.391 e. The van der Waals surface area contributed by atoms with E-state index in [1.165, 1.54) is 0 Å². The fourth-order valence-electron chi connectivity index (χ4n) is 2.84. The summed E-state index contributed by atoms with van der Waals surface area (Å²) in [6, 6.07) is 7.88. The second-order valence-corrected chi connectivity index (χ2v) is 5.64. The third-order valence-electron chi connectivity index (χ3n) is 3.86. The number of hydrogen-bond acceptors (Lipinski definition) is 5. The largest absolute Gasteiger partial charge is 0.391 e. The number of aliphatic hydroxyl groups excluding tert-OH is 1. The fourth-order valence-corrected chi connectivity index (χ4v) is 2.84. The summed E-state index contributed by atoms with van der Waals surface area (Å²) in [6.07, 6.45) is 2.91. The van der Waals surface area contributed by atoms with Crippen LogP contribution in [0.4, 0.5) is 5.82 Å². The number of aromatic nitrogens is 5. The number of anilines is 1. The molecule has 0 aliphatic rings. The molecule has 0 amide bonds. The summed E-state index contributed by atoms with van der Waals surface area (Å²) in [6.45, 7) is 2.14. The molecule has 1 atom stereocenters. The number of nitrogens with one attached hydrogen (secondary N) is 1. The smallest absolute Gasteiger partial charge is 0.135 e. The molecule has 3 aromatic heterocycles. The molecule has 4 rings (SSSR count). The van der Waals surface area contributed by atoms with Gasteiger partial charge in [-0.25, -0.2) is 4.98 Å². The molecule has 7 heteroatoms. The molecule has 0 aliphatic carbocycles. The molecule has 116 valence electrons. The van der Waals surface area contributed by atoms with Crippen LogP contribution in [0.1, 0.15) is 6.92 Å². The van der Waals surface area contributed by atoms with Gasteiger partial charge in [0.25, 0.3) is 0 Å². The van der Waals surface area contributed by atoms with Crippen LogP contribution < -0.4 is 5.73 Å². The number of benzene rings is 1. The van der Waals surface area contributed by atoms with Gasteiger partial charge in [-0.2, -0.15) is 10.2 Å². The van der Waals surface area contributed by atoms with Crippen molar-refractivity contribution >= 4 is 27.6 Å². The van der Waals surface area contributed by atoms with Gasteiger partial charge in [-0.05, 0) is 25.1 Å². The predicted octanol–water partition coefficient (Wildman–Crippen LogP) is 1.94. The van der Waals surface area contributed by atoms with E-state index in [9.17, 15) is 5.11 Å². The topological polar surface area (TPSA) is 106 Å². The Kier molecular flexibility index (Phi) is 3.02. The van der Waals surface area contributed by atoms with Gasteiger partial charge in [0.15, 0.2) is 0 Å². The maximum Gasteiger partial charge on any atom is 0.135 e. The molecule has 23 heavy (non-hydrogen) atoms. The molecule has 0 bridgehead atoms. The van der Waals surface area contributed by atoms with Crippen molar-refractivity contribution in [3.8, 4) is 11.3 Å². The average Bonchev–Trinajstić information content (AvgIpc) is 3.16. The van der Waals surface area contributed by atoms with E-state index < -0.39 is 6.10 Å². The van der Waals surface area contributed by atoms with Gasteiger partial charge in [-0.15, -0.1) is 0 Å². The minimum absolute atomic E-state index is 0.407. The number of nitrogens with two attached hydrogens (primary N) is 1. The molecule has 0 saturated heterocycles. The van der Waals surface area contributed by atoms with Gasteiger partial charge in [0.1, 0.15) is 5.82 Å². The molecule has 0 aliphatic heterocycles. The first-order valence-electron chi connectivity index (χ1n) is 7.36. The van der Waals surface area contributed by atoms with E-state index in [0.717, 1.165) is 33.1 Å². The normalized spacial score (nSPS) is 13.0. The minimum atomic E-state index is -0.494. The summed E-state index contributed by atoms with van der Waals surface area (Å²) >= 11 is 0. The molecule has 4 N–H and O–H groups in total. The molecule has 7 nitrogen and oxygen atoms in total. The van der Waals surface area contributed by atoms with Crippen LogP contribution in [0.15, 0.2) is 36.7 Å². The predicted molar refractivity (Wildman–Crippen MR) is 88.7 cm³/mol. The second kappa shape index (κ2) is 5.06. The number of rotatable bonds is 3. The number of hydrogen-bond donors (Lipinski definition) is 3.